The summed E-state index contributed by atoms with van der Waals surface area (Å²) in [6.45, 7) is 0. The molecule has 0 N–H and O–H groups in total. The molecule has 0 bridgehead atoms. The maximum absolute atomic E-state index is 15.3. The molecule has 4 rings (SSSR count). The van der Waals surface area contributed by atoms with Crippen LogP contribution in [0.5, 0.6) is 0 Å². The molecular weight excluding hydrogens is 610 g/mol. The zero-order valence-corrected chi connectivity index (χ0v) is 19.9. The fourth-order valence-electron chi connectivity index (χ4n) is 4.75. The van der Waals surface area contributed by atoms with E-state index in [1.54, 1.807) is 0 Å². The molecule has 4 aromatic rings. The van der Waals surface area contributed by atoms with E-state index in [0.717, 1.165) is 0 Å². The monoisotopic (exact) mass is 614 g/mol. The van der Waals surface area contributed by atoms with Crippen molar-refractivity contribution in [3.8, 4) is 0 Å². The smallest absolute Gasteiger partial charge is 0.207 e. The first-order valence-corrected chi connectivity index (χ1v) is 10.5. The Labute approximate surface area is 234 Å². The van der Waals surface area contributed by atoms with Crippen LogP contribution in [0.2, 0.25) is 0 Å². The van der Waals surface area contributed by atoms with E-state index < -0.39 is 145 Å². The Morgan fingerprint density at radius 1 is 0.262 bits per heavy atom. The van der Waals surface area contributed by atoms with Gasteiger partial charge >= 0.3 is 18.9 Å². The van der Waals surface area contributed by atoms with Gasteiger partial charge in [-0.1, -0.05) is 0 Å². The Bertz CT molecular complexity index is 1410. The second-order valence-electron chi connectivity index (χ2n) is 8.39. The van der Waals surface area contributed by atoms with Gasteiger partial charge in [-0.2, -0.15) is 0 Å². The van der Waals surface area contributed by atoms with E-state index in [1.807, 2.05) is 0 Å². The number of hydrogen-bond donors (Lipinski definition) is 0. The molecule has 0 fully saturated rings. The number of hydrogen-bond acceptors (Lipinski definition) is 0. The fourth-order valence-corrected chi connectivity index (χ4v) is 4.75. The first kappa shape index (κ1) is 32.9. The van der Waals surface area contributed by atoms with Crippen molar-refractivity contribution in [1.82, 2.24) is 0 Å². The molecule has 0 saturated heterocycles. The van der Waals surface area contributed by atoms with Crippen LogP contribution in [0.4, 0.5) is 70.2 Å². The summed E-state index contributed by atoms with van der Waals surface area (Å²) < 4.78 is 238. The largest absolute Gasteiger partial charge is 1.00 e. The van der Waals surface area contributed by atoms with Crippen molar-refractivity contribution in [2.45, 2.75) is 0 Å². The fraction of sp³-hybridized carbons (Fsp3) is 0. The standard InChI is InChI=1S/C24H4BF16.Li/c26-5-1-6(27)18(35)13(17(5)34)25(14-19(36)7(28)2-8(29)20(14)37,15-21(38)9(30)3-10(31)22(15)39)16-23(40)11(32)4-12(33)24(16)41;/h1-4H;/q-1;+1. The zero-order chi connectivity index (χ0) is 30.9. The van der Waals surface area contributed by atoms with Gasteiger partial charge in [-0.25, -0.2) is 70.2 Å². The Morgan fingerprint density at radius 3 is 0.500 bits per heavy atom. The summed E-state index contributed by atoms with van der Waals surface area (Å²) in [5, 5.41) is 0. The minimum absolute atomic E-state index is 0. The number of halogens is 16. The van der Waals surface area contributed by atoms with Crippen LogP contribution in [0, 0.1) is 93.1 Å². The summed E-state index contributed by atoms with van der Waals surface area (Å²) in [5.74, 6) is -46.2. The summed E-state index contributed by atoms with van der Waals surface area (Å²) >= 11 is 0. The van der Waals surface area contributed by atoms with Crippen LogP contribution in [0.3, 0.4) is 0 Å². The molecule has 0 aliphatic heterocycles. The molecule has 18 heteroatoms. The third-order valence-electron chi connectivity index (χ3n) is 6.32. The molecule has 216 valence electrons. The molecule has 42 heavy (non-hydrogen) atoms. The molecule has 0 amide bonds. The van der Waals surface area contributed by atoms with Crippen molar-refractivity contribution in [2.24, 2.45) is 0 Å². The summed E-state index contributed by atoms with van der Waals surface area (Å²) in [6.07, 6.45) is -6.49. The molecule has 0 aliphatic carbocycles. The first-order chi connectivity index (χ1) is 19.0. The normalized spacial score (nSPS) is 11.6. The molecule has 4 aromatic carbocycles. The quantitative estimate of drug-likeness (QED) is 0.188. The van der Waals surface area contributed by atoms with E-state index in [9.17, 15) is 35.1 Å². The van der Waals surface area contributed by atoms with Gasteiger partial charge in [-0.05, 0) is 0 Å². The van der Waals surface area contributed by atoms with Gasteiger partial charge in [0.25, 0.3) is 0 Å². The predicted molar refractivity (Wildman–Crippen MR) is 109 cm³/mol. The summed E-state index contributed by atoms with van der Waals surface area (Å²) in [5.41, 5.74) is -12.0. The van der Waals surface area contributed by atoms with Gasteiger partial charge in [0.05, 0.1) is 0 Å². The van der Waals surface area contributed by atoms with Gasteiger partial charge in [-0.15, -0.1) is 21.9 Å². The minimum atomic E-state index is -6.49. The van der Waals surface area contributed by atoms with Crippen LogP contribution in [0.15, 0.2) is 24.3 Å². The third-order valence-corrected chi connectivity index (χ3v) is 6.32. The Kier molecular flexibility index (Phi) is 8.82. The van der Waals surface area contributed by atoms with Crippen LogP contribution in [-0.4, -0.2) is 6.15 Å². The predicted octanol–water partition coefficient (Wildman–Crippen LogP) is 2.29. The van der Waals surface area contributed by atoms with Crippen LogP contribution >= 0.6 is 0 Å². The van der Waals surface area contributed by atoms with E-state index in [4.69, 9.17) is 0 Å². The molecule has 0 heterocycles. The average molecular weight is 614 g/mol. The maximum atomic E-state index is 15.3. The van der Waals surface area contributed by atoms with E-state index in [0.29, 0.717) is 0 Å². The Hall–Kier alpha value is -3.58. The Balaban J connectivity index is 0.00000484. The minimum Gasteiger partial charge on any atom is -0.207 e. The molecule has 0 radical (unpaired) electrons. The van der Waals surface area contributed by atoms with Crippen molar-refractivity contribution in [3.05, 3.63) is 117 Å². The van der Waals surface area contributed by atoms with Crippen LogP contribution < -0.4 is 40.7 Å². The summed E-state index contributed by atoms with van der Waals surface area (Å²) in [4.78, 5) is 0. The van der Waals surface area contributed by atoms with E-state index in [1.165, 1.54) is 0 Å². The molecule has 0 nitrogen and oxygen atoms in total. The van der Waals surface area contributed by atoms with Crippen molar-refractivity contribution in [2.75, 3.05) is 0 Å². The summed E-state index contributed by atoms with van der Waals surface area (Å²) in [6, 6.07) is -2.76. The second kappa shape index (κ2) is 11.3. The maximum Gasteiger partial charge on any atom is 1.00 e. The van der Waals surface area contributed by atoms with Crippen molar-refractivity contribution < 1.29 is 89.1 Å². The van der Waals surface area contributed by atoms with Crippen molar-refractivity contribution in [3.63, 3.8) is 0 Å². The molecule has 0 atom stereocenters. The zero-order valence-electron chi connectivity index (χ0n) is 19.9. The van der Waals surface area contributed by atoms with Gasteiger partial charge in [-0.3, -0.25) is 0 Å². The van der Waals surface area contributed by atoms with E-state index in [-0.39, 0.29) is 18.9 Å². The van der Waals surface area contributed by atoms with Crippen LogP contribution in [-0.2, 0) is 0 Å². The van der Waals surface area contributed by atoms with E-state index >= 15 is 35.1 Å². The second-order valence-corrected chi connectivity index (χ2v) is 8.39. The Morgan fingerprint density at radius 2 is 0.381 bits per heavy atom. The van der Waals surface area contributed by atoms with Crippen molar-refractivity contribution >= 4 is 28.0 Å². The van der Waals surface area contributed by atoms with Crippen LogP contribution in [0.1, 0.15) is 0 Å². The van der Waals surface area contributed by atoms with Gasteiger partial charge in [0.15, 0.2) is 46.5 Å². The number of benzene rings is 4. The molecule has 0 saturated carbocycles. The summed E-state index contributed by atoms with van der Waals surface area (Å²) in [7, 11) is 0. The molecule has 0 unspecified atom stereocenters. The average Bonchev–Trinajstić information content (AvgIpc) is 2.89. The van der Waals surface area contributed by atoms with Gasteiger partial charge in [0.2, 0.25) is 0 Å². The SMILES string of the molecule is Fc1cc(F)c(F)c([B-](c2c(F)c(F)cc(F)c2F)(c2c(F)c(F)cc(F)c2F)c2c(F)c(F)cc(F)c2F)c1F.[Li+]. The third kappa shape index (κ3) is 4.53. The van der Waals surface area contributed by atoms with Crippen LogP contribution in [0.25, 0.3) is 0 Å². The molecule has 0 spiro atoms. The first-order valence-electron chi connectivity index (χ1n) is 10.5. The molecular formula is C24H4BF16Li. The molecule has 0 aliphatic rings. The number of rotatable bonds is 4. The molecule has 0 aromatic heterocycles. The van der Waals surface area contributed by atoms with Gasteiger partial charge < -0.3 is 0 Å². The van der Waals surface area contributed by atoms with Gasteiger partial charge in [0, 0.05) is 24.3 Å². The van der Waals surface area contributed by atoms with Crippen molar-refractivity contribution in [1.29, 1.82) is 0 Å². The topological polar surface area (TPSA) is 0 Å². The van der Waals surface area contributed by atoms with Gasteiger partial charge in [0.1, 0.15) is 52.7 Å². The van der Waals surface area contributed by atoms with E-state index in [2.05, 4.69) is 0 Å².